The molecule has 0 spiro atoms. The van der Waals surface area contributed by atoms with Crippen molar-refractivity contribution in [2.24, 2.45) is 7.05 Å². The third kappa shape index (κ3) is 3.57. The second-order valence-electron chi connectivity index (χ2n) is 4.47. The van der Waals surface area contributed by atoms with Crippen molar-refractivity contribution in [1.29, 1.82) is 0 Å². The number of rotatable bonds is 6. The lowest BCUT2D eigenvalue weighted by atomic mass is 10.2. The molecule has 1 aromatic carbocycles. The summed E-state index contributed by atoms with van der Waals surface area (Å²) in [5.41, 5.74) is 1.67. The zero-order valence-corrected chi connectivity index (χ0v) is 11.8. The number of carbonyl (C=O) groups is 1. The number of carbonyl (C=O) groups excluding carboxylic acids is 1. The Morgan fingerprint density at radius 3 is 2.65 bits per heavy atom. The molecule has 1 heterocycles. The molecule has 0 atom stereocenters. The van der Waals surface area contributed by atoms with Gasteiger partial charge in [-0.1, -0.05) is 0 Å². The van der Waals surface area contributed by atoms with Crippen LogP contribution < -0.4 is 10.6 Å². The number of aryl methyl sites for hydroxylation is 1. The molecule has 20 heavy (non-hydrogen) atoms. The Morgan fingerprint density at radius 2 is 2.05 bits per heavy atom. The van der Waals surface area contributed by atoms with E-state index in [0.29, 0.717) is 18.5 Å². The molecule has 0 fully saturated rings. The maximum absolute atomic E-state index is 12.0. The van der Waals surface area contributed by atoms with Gasteiger partial charge in [0, 0.05) is 37.8 Å². The van der Waals surface area contributed by atoms with Gasteiger partial charge in [-0.25, -0.2) is 0 Å². The molecular formula is C14H19N5O. The summed E-state index contributed by atoms with van der Waals surface area (Å²) in [7, 11) is 1.89. The van der Waals surface area contributed by atoms with E-state index in [1.165, 1.54) is 0 Å². The molecule has 0 saturated heterocycles. The highest BCUT2D eigenvalue weighted by Gasteiger charge is 2.06. The number of anilines is 1. The number of hydrogen-bond acceptors (Lipinski definition) is 4. The lowest BCUT2D eigenvalue weighted by Gasteiger charge is -2.06. The maximum atomic E-state index is 12.0. The Balaban J connectivity index is 1.84. The minimum atomic E-state index is -0.0739. The highest BCUT2D eigenvalue weighted by atomic mass is 16.1. The van der Waals surface area contributed by atoms with Gasteiger partial charge in [-0.2, -0.15) is 0 Å². The van der Waals surface area contributed by atoms with Crippen LogP contribution in [-0.2, 0) is 13.5 Å². The third-order valence-corrected chi connectivity index (χ3v) is 2.97. The molecule has 1 amide bonds. The van der Waals surface area contributed by atoms with Crippen LogP contribution in [0, 0.1) is 0 Å². The maximum Gasteiger partial charge on any atom is 0.251 e. The molecule has 6 nitrogen and oxygen atoms in total. The zero-order valence-electron chi connectivity index (χ0n) is 11.8. The van der Waals surface area contributed by atoms with Crippen molar-refractivity contribution in [3.8, 4) is 0 Å². The van der Waals surface area contributed by atoms with Crippen molar-refractivity contribution >= 4 is 11.6 Å². The first-order valence-electron chi connectivity index (χ1n) is 6.65. The second kappa shape index (κ2) is 6.70. The second-order valence-corrected chi connectivity index (χ2v) is 4.47. The molecule has 0 aliphatic heterocycles. The molecule has 2 rings (SSSR count). The van der Waals surface area contributed by atoms with Gasteiger partial charge in [-0.3, -0.25) is 4.79 Å². The van der Waals surface area contributed by atoms with E-state index in [1.807, 2.05) is 42.8 Å². The first-order valence-corrected chi connectivity index (χ1v) is 6.65. The predicted molar refractivity (Wildman–Crippen MR) is 77.6 cm³/mol. The number of nitrogens with zero attached hydrogens (tertiary/aromatic N) is 3. The average molecular weight is 273 g/mol. The van der Waals surface area contributed by atoms with E-state index >= 15 is 0 Å². The number of aromatic nitrogens is 3. The molecule has 0 radical (unpaired) electrons. The zero-order chi connectivity index (χ0) is 14.4. The van der Waals surface area contributed by atoms with Crippen molar-refractivity contribution in [3.05, 3.63) is 42.0 Å². The van der Waals surface area contributed by atoms with E-state index in [-0.39, 0.29) is 5.91 Å². The molecule has 0 bridgehead atoms. The number of nitrogens with one attached hydrogen (secondary N) is 2. The molecule has 1 aromatic heterocycles. The minimum Gasteiger partial charge on any atom is -0.385 e. The van der Waals surface area contributed by atoms with Crippen molar-refractivity contribution in [2.75, 3.05) is 18.4 Å². The van der Waals surface area contributed by atoms with E-state index < -0.39 is 0 Å². The average Bonchev–Trinajstić information content (AvgIpc) is 2.85. The summed E-state index contributed by atoms with van der Waals surface area (Å²) in [4.78, 5) is 12.0. The lowest BCUT2D eigenvalue weighted by molar-refractivity contribution is 0.0954. The molecule has 2 aromatic rings. The normalized spacial score (nSPS) is 10.3. The fourth-order valence-corrected chi connectivity index (χ4v) is 1.87. The summed E-state index contributed by atoms with van der Waals surface area (Å²) in [6.07, 6.45) is 2.31. The third-order valence-electron chi connectivity index (χ3n) is 2.97. The molecule has 0 unspecified atom stereocenters. The molecule has 2 N–H and O–H groups in total. The quantitative estimate of drug-likeness (QED) is 0.830. The van der Waals surface area contributed by atoms with Crippen LogP contribution in [0.15, 0.2) is 30.6 Å². The summed E-state index contributed by atoms with van der Waals surface area (Å²) in [5.74, 6) is 0.781. The predicted octanol–water partition coefficient (Wildman–Crippen LogP) is 1.22. The summed E-state index contributed by atoms with van der Waals surface area (Å²) < 4.78 is 1.84. The van der Waals surface area contributed by atoms with Gasteiger partial charge in [0.2, 0.25) is 0 Å². The molecular weight excluding hydrogens is 254 g/mol. The van der Waals surface area contributed by atoms with Gasteiger partial charge in [0.1, 0.15) is 12.2 Å². The number of benzene rings is 1. The van der Waals surface area contributed by atoms with Gasteiger partial charge in [0.05, 0.1) is 0 Å². The molecule has 6 heteroatoms. The Bertz CT molecular complexity index is 561. The topological polar surface area (TPSA) is 71.8 Å². The van der Waals surface area contributed by atoms with Gasteiger partial charge in [-0.15, -0.1) is 10.2 Å². The summed E-state index contributed by atoms with van der Waals surface area (Å²) in [6, 6.07) is 7.44. The first kappa shape index (κ1) is 14.0. The van der Waals surface area contributed by atoms with E-state index in [2.05, 4.69) is 20.8 Å². The van der Waals surface area contributed by atoms with Crippen LogP contribution in [0.25, 0.3) is 0 Å². The number of hydrogen-bond donors (Lipinski definition) is 2. The van der Waals surface area contributed by atoms with Crippen LogP contribution in [-0.4, -0.2) is 33.8 Å². The molecule has 0 aliphatic rings. The van der Waals surface area contributed by atoms with Gasteiger partial charge < -0.3 is 15.2 Å². The summed E-state index contributed by atoms with van der Waals surface area (Å²) >= 11 is 0. The largest absolute Gasteiger partial charge is 0.385 e. The van der Waals surface area contributed by atoms with Crippen molar-refractivity contribution in [2.45, 2.75) is 13.3 Å². The fourth-order valence-electron chi connectivity index (χ4n) is 1.87. The van der Waals surface area contributed by atoms with Crippen LogP contribution in [0.5, 0.6) is 0 Å². The minimum absolute atomic E-state index is 0.0739. The van der Waals surface area contributed by atoms with Crippen molar-refractivity contribution in [1.82, 2.24) is 20.1 Å². The Hall–Kier alpha value is -2.37. The van der Waals surface area contributed by atoms with Gasteiger partial charge in [0.15, 0.2) is 0 Å². The van der Waals surface area contributed by atoms with Crippen LogP contribution in [0.4, 0.5) is 5.69 Å². The van der Waals surface area contributed by atoms with Crippen LogP contribution in [0.3, 0.4) is 0 Å². The molecule has 0 saturated carbocycles. The highest BCUT2D eigenvalue weighted by Crippen LogP contribution is 2.09. The van der Waals surface area contributed by atoms with Gasteiger partial charge in [-0.05, 0) is 31.2 Å². The SMILES string of the molecule is CCNc1ccc(C(=O)NCCc2nncn2C)cc1. The summed E-state index contributed by atoms with van der Waals surface area (Å²) in [5, 5.41) is 13.8. The number of amides is 1. The van der Waals surface area contributed by atoms with Gasteiger partial charge >= 0.3 is 0 Å². The van der Waals surface area contributed by atoms with E-state index in [0.717, 1.165) is 18.1 Å². The fraction of sp³-hybridized carbons (Fsp3) is 0.357. The Labute approximate surface area is 118 Å². The first-order chi connectivity index (χ1) is 9.70. The highest BCUT2D eigenvalue weighted by molar-refractivity contribution is 5.94. The van der Waals surface area contributed by atoms with E-state index in [4.69, 9.17) is 0 Å². The molecule has 0 aliphatic carbocycles. The Kier molecular flexibility index (Phi) is 4.70. The Morgan fingerprint density at radius 1 is 1.30 bits per heavy atom. The monoisotopic (exact) mass is 273 g/mol. The van der Waals surface area contributed by atoms with Crippen LogP contribution >= 0.6 is 0 Å². The standard InChI is InChI=1S/C14H19N5O/c1-3-15-12-6-4-11(5-7-12)14(20)16-9-8-13-18-17-10-19(13)2/h4-7,10,15H,3,8-9H2,1-2H3,(H,16,20). The summed E-state index contributed by atoms with van der Waals surface area (Å²) in [6.45, 7) is 3.44. The molecule has 106 valence electrons. The van der Waals surface area contributed by atoms with E-state index in [9.17, 15) is 4.79 Å². The smallest absolute Gasteiger partial charge is 0.251 e. The lowest BCUT2D eigenvalue weighted by Crippen LogP contribution is -2.26. The van der Waals surface area contributed by atoms with Gasteiger partial charge in [0.25, 0.3) is 5.91 Å². The van der Waals surface area contributed by atoms with Crippen LogP contribution in [0.2, 0.25) is 0 Å². The van der Waals surface area contributed by atoms with Crippen molar-refractivity contribution in [3.63, 3.8) is 0 Å². The van der Waals surface area contributed by atoms with E-state index in [1.54, 1.807) is 6.33 Å². The van der Waals surface area contributed by atoms with Crippen molar-refractivity contribution < 1.29 is 4.79 Å². The van der Waals surface area contributed by atoms with Crippen LogP contribution in [0.1, 0.15) is 23.1 Å².